The summed E-state index contributed by atoms with van der Waals surface area (Å²) < 4.78 is 12.4. The quantitative estimate of drug-likeness (QED) is 0.768. The number of piperidine rings is 1. The number of amides is 2. The van der Waals surface area contributed by atoms with E-state index in [1.807, 2.05) is 27.7 Å². The monoisotopic (exact) mass is 408 g/mol. The molecule has 1 aromatic rings. The number of likely N-dealkylation sites (tertiary alicyclic amines) is 1. The van der Waals surface area contributed by atoms with Crippen molar-refractivity contribution in [1.82, 2.24) is 14.7 Å². The van der Waals surface area contributed by atoms with Crippen LogP contribution in [-0.2, 0) is 26.1 Å². The number of hydrogen-bond acceptors (Lipinski definition) is 6. The fourth-order valence-electron chi connectivity index (χ4n) is 3.13. The summed E-state index contributed by atoms with van der Waals surface area (Å²) in [5, 5.41) is 7.03. The van der Waals surface area contributed by atoms with Crippen LogP contribution in [0.2, 0.25) is 0 Å². The Hall–Kier alpha value is -2.58. The second-order valence-corrected chi connectivity index (χ2v) is 8.48. The van der Waals surface area contributed by atoms with Crippen LogP contribution in [0.15, 0.2) is 0 Å². The molecule has 0 aliphatic carbocycles. The summed E-state index contributed by atoms with van der Waals surface area (Å²) in [6.45, 7) is 11.5. The van der Waals surface area contributed by atoms with Gasteiger partial charge < -0.3 is 19.7 Å². The fourth-order valence-corrected chi connectivity index (χ4v) is 3.13. The number of carbonyl (C=O) groups is 3. The van der Waals surface area contributed by atoms with Gasteiger partial charge in [-0.3, -0.25) is 14.3 Å². The molecule has 1 N–H and O–H groups in total. The van der Waals surface area contributed by atoms with E-state index in [0.717, 1.165) is 5.69 Å². The third kappa shape index (κ3) is 5.95. The molecule has 29 heavy (non-hydrogen) atoms. The van der Waals surface area contributed by atoms with Gasteiger partial charge in [-0.25, -0.2) is 4.79 Å². The third-order valence-corrected chi connectivity index (χ3v) is 4.90. The zero-order valence-corrected chi connectivity index (χ0v) is 18.4. The molecular formula is C20H32N4O5. The number of carbonyl (C=O) groups excluding carboxylic acids is 3. The maximum atomic E-state index is 12.5. The average molecular weight is 408 g/mol. The van der Waals surface area contributed by atoms with Crippen molar-refractivity contribution >= 4 is 23.7 Å². The molecule has 1 aromatic heterocycles. The minimum absolute atomic E-state index is 0.342. The molecule has 1 atom stereocenters. The topological polar surface area (TPSA) is 103 Å². The van der Waals surface area contributed by atoms with Crippen molar-refractivity contribution in [1.29, 1.82) is 0 Å². The molecule has 0 aromatic carbocycles. The number of aryl methyl sites for hydroxylation is 2. The number of nitrogens with one attached hydrogen (secondary N) is 1. The van der Waals surface area contributed by atoms with Crippen LogP contribution < -0.4 is 5.32 Å². The lowest BCUT2D eigenvalue weighted by Crippen LogP contribution is -2.43. The SMILES string of the molecule is Cc1nn(C)c(C)c1NC(=O)[C@H](C)OC(=O)C1CCN(C(=O)OC(C)(C)C)CC1. The average Bonchev–Trinajstić information content (AvgIpc) is 2.86. The second kappa shape index (κ2) is 8.84. The highest BCUT2D eigenvalue weighted by Crippen LogP contribution is 2.22. The van der Waals surface area contributed by atoms with Gasteiger partial charge in [-0.15, -0.1) is 0 Å². The van der Waals surface area contributed by atoms with Crippen molar-refractivity contribution in [3.63, 3.8) is 0 Å². The first-order valence-electron chi connectivity index (χ1n) is 9.88. The molecule has 2 amide bonds. The first-order chi connectivity index (χ1) is 13.4. The first-order valence-corrected chi connectivity index (χ1v) is 9.88. The Morgan fingerprint density at radius 3 is 2.24 bits per heavy atom. The van der Waals surface area contributed by atoms with Crippen LogP contribution in [0.25, 0.3) is 0 Å². The zero-order chi connectivity index (χ0) is 21.9. The van der Waals surface area contributed by atoms with Gasteiger partial charge in [-0.05, 0) is 54.4 Å². The Morgan fingerprint density at radius 2 is 1.76 bits per heavy atom. The number of esters is 1. The summed E-state index contributed by atoms with van der Waals surface area (Å²) in [6, 6.07) is 0. The highest BCUT2D eigenvalue weighted by Gasteiger charge is 2.32. The van der Waals surface area contributed by atoms with Gasteiger partial charge in [0.2, 0.25) is 0 Å². The standard InChI is InChI=1S/C20H32N4O5/c1-12-16(13(2)23(7)22-12)21-17(25)14(3)28-18(26)15-8-10-24(11-9-15)19(27)29-20(4,5)6/h14-15H,8-11H2,1-7H3,(H,21,25)/t14-/m0/s1. The summed E-state index contributed by atoms with van der Waals surface area (Å²) in [4.78, 5) is 38.6. The van der Waals surface area contributed by atoms with Crippen molar-refractivity contribution in [3.05, 3.63) is 11.4 Å². The van der Waals surface area contributed by atoms with Crippen molar-refractivity contribution < 1.29 is 23.9 Å². The predicted octanol–water partition coefficient (Wildman–Crippen LogP) is 2.55. The largest absolute Gasteiger partial charge is 0.452 e. The molecule has 2 heterocycles. The van der Waals surface area contributed by atoms with Crippen molar-refractivity contribution in [2.24, 2.45) is 13.0 Å². The zero-order valence-electron chi connectivity index (χ0n) is 18.4. The molecule has 162 valence electrons. The third-order valence-electron chi connectivity index (χ3n) is 4.90. The van der Waals surface area contributed by atoms with E-state index in [4.69, 9.17) is 9.47 Å². The smallest absolute Gasteiger partial charge is 0.410 e. The number of anilines is 1. The van der Waals surface area contributed by atoms with E-state index < -0.39 is 23.6 Å². The molecule has 1 aliphatic heterocycles. The maximum Gasteiger partial charge on any atom is 0.410 e. The van der Waals surface area contributed by atoms with Crippen LogP contribution in [0.3, 0.4) is 0 Å². The molecule has 1 saturated heterocycles. The van der Waals surface area contributed by atoms with Crippen LogP contribution in [0.4, 0.5) is 10.5 Å². The second-order valence-electron chi connectivity index (χ2n) is 8.48. The summed E-state index contributed by atoms with van der Waals surface area (Å²) in [6.07, 6.45) is -0.342. The fraction of sp³-hybridized carbons (Fsp3) is 0.700. The lowest BCUT2D eigenvalue weighted by Gasteiger charge is -2.32. The van der Waals surface area contributed by atoms with E-state index in [9.17, 15) is 14.4 Å². The normalized spacial score (nSPS) is 16.3. The highest BCUT2D eigenvalue weighted by molar-refractivity contribution is 5.96. The van der Waals surface area contributed by atoms with Crippen molar-refractivity contribution in [2.75, 3.05) is 18.4 Å². The number of rotatable bonds is 4. The summed E-state index contributed by atoms with van der Waals surface area (Å²) in [7, 11) is 1.80. The lowest BCUT2D eigenvalue weighted by molar-refractivity contribution is -0.158. The Balaban J connectivity index is 1.84. The number of aromatic nitrogens is 2. The molecule has 1 fully saturated rings. The molecule has 0 saturated carbocycles. The number of ether oxygens (including phenoxy) is 2. The van der Waals surface area contributed by atoms with E-state index in [1.165, 1.54) is 0 Å². The van der Waals surface area contributed by atoms with Gasteiger partial charge in [0, 0.05) is 20.1 Å². The van der Waals surface area contributed by atoms with Crippen molar-refractivity contribution in [2.45, 2.75) is 66.1 Å². The predicted molar refractivity (Wildman–Crippen MR) is 107 cm³/mol. The van der Waals surface area contributed by atoms with E-state index in [1.54, 1.807) is 30.5 Å². The van der Waals surface area contributed by atoms with Crippen LogP contribution >= 0.6 is 0 Å². The van der Waals surface area contributed by atoms with E-state index in [-0.39, 0.29) is 12.0 Å². The Kier molecular flexibility index (Phi) is 6.92. The molecule has 0 unspecified atom stereocenters. The van der Waals surface area contributed by atoms with Crippen LogP contribution in [0.1, 0.15) is 51.9 Å². The summed E-state index contributed by atoms with van der Waals surface area (Å²) in [5.41, 5.74) is 1.60. The van der Waals surface area contributed by atoms with Crippen LogP contribution in [0.5, 0.6) is 0 Å². The first kappa shape index (κ1) is 22.7. The summed E-state index contributed by atoms with van der Waals surface area (Å²) in [5.74, 6) is -1.16. The Labute approximate surface area is 171 Å². The van der Waals surface area contributed by atoms with Gasteiger partial charge in [0.1, 0.15) is 5.60 Å². The molecular weight excluding hydrogens is 376 g/mol. The van der Waals surface area contributed by atoms with Gasteiger partial charge in [0.15, 0.2) is 6.10 Å². The lowest BCUT2D eigenvalue weighted by atomic mass is 9.97. The molecule has 2 rings (SSSR count). The molecule has 9 nitrogen and oxygen atoms in total. The van der Waals surface area contributed by atoms with Gasteiger partial charge >= 0.3 is 12.1 Å². The number of nitrogens with zero attached hydrogens (tertiary/aromatic N) is 3. The molecule has 0 bridgehead atoms. The molecule has 0 spiro atoms. The van der Waals surface area contributed by atoms with Crippen LogP contribution in [0, 0.1) is 19.8 Å². The van der Waals surface area contributed by atoms with Gasteiger partial charge in [-0.1, -0.05) is 0 Å². The van der Waals surface area contributed by atoms with E-state index in [0.29, 0.717) is 37.3 Å². The molecule has 1 aliphatic rings. The van der Waals surface area contributed by atoms with Gasteiger partial charge in [0.05, 0.1) is 23.0 Å². The molecule has 9 heteroatoms. The van der Waals surface area contributed by atoms with E-state index >= 15 is 0 Å². The minimum atomic E-state index is -0.926. The van der Waals surface area contributed by atoms with E-state index in [2.05, 4.69) is 10.4 Å². The van der Waals surface area contributed by atoms with Gasteiger partial charge in [0.25, 0.3) is 5.91 Å². The highest BCUT2D eigenvalue weighted by atomic mass is 16.6. The Bertz CT molecular complexity index is 773. The van der Waals surface area contributed by atoms with Crippen LogP contribution in [-0.4, -0.2) is 57.4 Å². The maximum absolute atomic E-state index is 12.5. The summed E-state index contributed by atoms with van der Waals surface area (Å²) >= 11 is 0. The number of hydrogen-bond donors (Lipinski definition) is 1. The van der Waals surface area contributed by atoms with Crippen molar-refractivity contribution in [3.8, 4) is 0 Å². The minimum Gasteiger partial charge on any atom is -0.452 e. The molecule has 0 radical (unpaired) electrons. The Morgan fingerprint density at radius 1 is 1.17 bits per heavy atom. The van der Waals surface area contributed by atoms with Gasteiger partial charge in [-0.2, -0.15) is 5.10 Å².